The summed E-state index contributed by atoms with van der Waals surface area (Å²) < 4.78 is 5.25. The largest absolute Gasteiger partial charge is 0.465 e. The summed E-state index contributed by atoms with van der Waals surface area (Å²) in [6.45, 7) is 4.48. The number of fused-ring (bicyclic) bond motifs is 3. The van der Waals surface area contributed by atoms with E-state index >= 15 is 0 Å². The highest BCUT2D eigenvalue weighted by molar-refractivity contribution is 5.80. The number of esters is 1. The van der Waals surface area contributed by atoms with Gasteiger partial charge in [-0.1, -0.05) is 12.2 Å². The van der Waals surface area contributed by atoms with Crippen molar-refractivity contribution in [2.24, 2.45) is 23.2 Å². The van der Waals surface area contributed by atoms with Gasteiger partial charge >= 0.3 is 5.97 Å². The van der Waals surface area contributed by atoms with Gasteiger partial charge in [0.05, 0.1) is 17.6 Å². The lowest BCUT2D eigenvalue weighted by Gasteiger charge is -2.47. The van der Waals surface area contributed by atoms with Crippen LogP contribution in [-0.4, -0.2) is 23.3 Å². The van der Waals surface area contributed by atoms with Crippen LogP contribution in [0.3, 0.4) is 0 Å². The van der Waals surface area contributed by atoms with Gasteiger partial charge < -0.3 is 9.84 Å². The highest BCUT2D eigenvalue weighted by atomic mass is 16.5. The number of aliphatic hydroxyl groups is 1. The fourth-order valence-corrected chi connectivity index (χ4v) is 3.98. The molecule has 0 aromatic heterocycles. The first-order valence-electron chi connectivity index (χ1n) is 6.51. The number of allylic oxidation sites excluding steroid dienone is 1. The van der Waals surface area contributed by atoms with Gasteiger partial charge in [-0.25, -0.2) is 0 Å². The molecule has 0 amide bonds. The van der Waals surface area contributed by atoms with E-state index in [0.29, 0.717) is 18.4 Å². The minimum Gasteiger partial charge on any atom is -0.465 e. The van der Waals surface area contributed by atoms with Crippen molar-refractivity contribution in [1.29, 1.82) is 0 Å². The quantitative estimate of drug-likeness (QED) is 0.516. The average Bonchev–Trinajstić information content (AvgIpc) is 2.54. The van der Waals surface area contributed by atoms with E-state index in [1.165, 1.54) is 0 Å². The van der Waals surface area contributed by atoms with Crippen molar-refractivity contribution in [2.45, 2.75) is 38.7 Å². The fourth-order valence-electron chi connectivity index (χ4n) is 3.98. The number of hydrogen-bond acceptors (Lipinski definition) is 3. The van der Waals surface area contributed by atoms with Crippen LogP contribution in [0.1, 0.15) is 33.1 Å². The van der Waals surface area contributed by atoms with Gasteiger partial charge in [0.15, 0.2) is 0 Å². The number of hydrogen-bond donors (Lipinski definition) is 1. The zero-order valence-corrected chi connectivity index (χ0v) is 10.5. The van der Waals surface area contributed by atoms with Crippen molar-refractivity contribution in [3.05, 3.63) is 12.2 Å². The van der Waals surface area contributed by atoms with Crippen molar-refractivity contribution in [1.82, 2.24) is 0 Å². The molecule has 5 atom stereocenters. The Bertz CT molecular complexity index is 385. The molecule has 1 saturated heterocycles. The number of carbonyl (C=O) groups is 1. The molecule has 3 heteroatoms. The normalized spacial score (nSPS) is 52.9. The summed E-state index contributed by atoms with van der Waals surface area (Å²) in [5, 5.41) is 10.2. The van der Waals surface area contributed by atoms with Crippen LogP contribution >= 0.6 is 0 Å². The molecule has 0 spiro atoms. The molecule has 3 rings (SSSR count). The van der Waals surface area contributed by atoms with Crippen LogP contribution < -0.4 is 0 Å². The van der Waals surface area contributed by atoms with Crippen LogP contribution in [0.4, 0.5) is 0 Å². The van der Waals surface area contributed by atoms with E-state index in [1.54, 1.807) is 0 Å². The van der Waals surface area contributed by atoms with Crippen molar-refractivity contribution in [3.8, 4) is 0 Å². The van der Waals surface area contributed by atoms with E-state index in [-0.39, 0.29) is 17.3 Å². The molecule has 1 saturated carbocycles. The number of cyclic esters (lactones) is 1. The summed E-state index contributed by atoms with van der Waals surface area (Å²) in [7, 11) is 0. The molecule has 2 fully saturated rings. The highest BCUT2D eigenvalue weighted by Crippen LogP contribution is 2.55. The third kappa shape index (κ3) is 1.48. The van der Waals surface area contributed by atoms with Crippen LogP contribution in [0.25, 0.3) is 0 Å². The Morgan fingerprint density at radius 2 is 2.18 bits per heavy atom. The van der Waals surface area contributed by atoms with E-state index in [4.69, 9.17) is 4.74 Å². The summed E-state index contributed by atoms with van der Waals surface area (Å²) >= 11 is 0. The van der Waals surface area contributed by atoms with Gasteiger partial charge in [0.2, 0.25) is 0 Å². The van der Waals surface area contributed by atoms with Gasteiger partial charge in [0.25, 0.3) is 0 Å². The second kappa shape index (κ2) is 3.35. The predicted molar refractivity (Wildman–Crippen MR) is 63.2 cm³/mol. The minimum atomic E-state index is -0.572. The Balaban J connectivity index is 1.95. The zero-order valence-electron chi connectivity index (χ0n) is 10.5. The Kier molecular flexibility index (Phi) is 2.22. The summed E-state index contributed by atoms with van der Waals surface area (Å²) in [6.07, 6.45) is 6.81. The van der Waals surface area contributed by atoms with Crippen LogP contribution in [0, 0.1) is 23.2 Å². The minimum absolute atomic E-state index is 0.0385. The van der Waals surface area contributed by atoms with Gasteiger partial charge in [0.1, 0.15) is 0 Å². The third-order valence-electron chi connectivity index (χ3n) is 5.15. The Morgan fingerprint density at radius 1 is 1.41 bits per heavy atom. The molecule has 2 aliphatic carbocycles. The van der Waals surface area contributed by atoms with Crippen molar-refractivity contribution >= 4 is 5.97 Å². The lowest BCUT2D eigenvalue weighted by molar-refractivity contribution is -0.152. The molecule has 0 aromatic rings. The van der Waals surface area contributed by atoms with Gasteiger partial charge in [-0.15, -0.1) is 0 Å². The standard InChI is InChI=1S/C14H20O3/c1-13(16)6-5-11-9(7-13)3-4-10-8-17-12(15)14(10,11)2/h3-4,9-11,16H,5-8H2,1-2H3. The predicted octanol–water partition coefficient (Wildman–Crippen LogP) is 1.90. The Hall–Kier alpha value is -0.830. The summed E-state index contributed by atoms with van der Waals surface area (Å²) in [6, 6.07) is 0. The lowest BCUT2D eigenvalue weighted by atomic mass is 9.55. The molecule has 0 aromatic carbocycles. The van der Waals surface area contributed by atoms with E-state index in [2.05, 4.69) is 12.2 Å². The zero-order chi connectivity index (χ0) is 12.3. The first kappa shape index (κ1) is 11.3. The molecule has 1 aliphatic heterocycles. The number of carbonyl (C=O) groups excluding carboxylic acids is 1. The molecule has 1 heterocycles. The second-order valence-electron chi connectivity index (χ2n) is 6.38. The maximum Gasteiger partial charge on any atom is 0.312 e. The first-order chi connectivity index (χ1) is 7.93. The van der Waals surface area contributed by atoms with Crippen LogP contribution in [-0.2, 0) is 9.53 Å². The van der Waals surface area contributed by atoms with Gasteiger partial charge in [-0.3, -0.25) is 4.79 Å². The average molecular weight is 236 g/mol. The van der Waals surface area contributed by atoms with Crippen LogP contribution in [0.5, 0.6) is 0 Å². The van der Waals surface area contributed by atoms with E-state index in [0.717, 1.165) is 19.3 Å². The van der Waals surface area contributed by atoms with Crippen molar-refractivity contribution < 1.29 is 14.6 Å². The SMILES string of the molecule is CC1(O)CCC2C(C=CC3COC(=O)C32C)C1. The first-order valence-corrected chi connectivity index (χ1v) is 6.51. The van der Waals surface area contributed by atoms with Gasteiger partial charge in [-0.05, 0) is 44.9 Å². The van der Waals surface area contributed by atoms with E-state index in [9.17, 15) is 9.90 Å². The van der Waals surface area contributed by atoms with Crippen molar-refractivity contribution in [2.75, 3.05) is 6.61 Å². The molecule has 1 N–H and O–H groups in total. The molecular formula is C14H20O3. The summed E-state index contributed by atoms with van der Waals surface area (Å²) in [5.74, 6) is 0.862. The summed E-state index contributed by atoms with van der Waals surface area (Å²) in [5.41, 5.74) is -0.923. The van der Waals surface area contributed by atoms with E-state index < -0.39 is 5.60 Å². The Labute approximate surface area is 102 Å². The fraction of sp³-hybridized carbons (Fsp3) is 0.786. The Morgan fingerprint density at radius 3 is 2.94 bits per heavy atom. The lowest BCUT2D eigenvalue weighted by Crippen LogP contribution is -2.48. The maximum absolute atomic E-state index is 12.0. The molecule has 3 nitrogen and oxygen atoms in total. The number of rotatable bonds is 0. The third-order valence-corrected chi connectivity index (χ3v) is 5.15. The monoisotopic (exact) mass is 236 g/mol. The van der Waals surface area contributed by atoms with Crippen LogP contribution in [0.2, 0.25) is 0 Å². The topological polar surface area (TPSA) is 46.5 Å². The molecular weight excluding hydrogens is 216 g/mol. The molecule has 17 heavy (non-hydrogen) atoms. The molecule has 94 valence electrons. The van der Waals surface area contributed by atoms with E-state index in [1.807, 2.05) is 13.8 Å². The molecule has 0 bridgehead atoms. The maximum atomic E-state index is 12.0. The van der Waals surface area contributed by atoms with Gasteiger partial charge in [-0.2, -0.15) is 0 Å². The molecule has 5 unspecified atom stereocenters. The second-order valence-corrected chi connectivity index (χ2v) is 6.38. The van der Waals surface area contributed by atoms with Crippen molar-refractivity contribution in [3.63, 3.8) is 0 Å². The molecule has 3 aliphatic rings. The summed E-state index contributed by atoms with van der Waals surface area (Å²) in [4.78, 5) is 12.0. The van der Waals surface area contributed by atoms with Crippen LogP contribution in [0.15, 0.2) is 12.2 Å². The number of ether oxygens (including phenoxy) is 1. The highest BCUT2D eigenvalue weighted by Gasteiger charge is 2.57. The van der Waals surface area contributed by atoms with Gasteiger partial charge in [0, 0.05) is 5.92 Å². The molecule has 0 radical (unpaired) electrons. The smallest absolute Gasteiger partial charge is 0.312 e.